The number of ether oxygens (including phenoxy) is 1. The number of guanidine groups is 1. The Kier molecular flexibility index (Phi) is 7.42. The average Bonchev–Trinajstić information content (AvgIpc) is 3.02. The van der Waals surface area contributed by atoms with Gasteiger partial charge in [-0.2, -0.15) is 0 Å². The first-order chi connectivity index (χ1) is 14.7. The van der Waals surface area contributed by atoms with Crippen molar-refractivity contribution in [3.8, 4) is 5.75 Å². The van der Waals surface area contributed by atoms with E-state index in [1.807, 2.05) is 13.8 Å². The molecule has 3 rings (SSSR count). The summed E-state index contributed by atoms with van der Waals surface area (Å²) in [4.78, 5) is 11.0. The van der Waals surface area contributed by atoms with Gasteiger partial charge in [-0.05, 0) is 63.4 Å². The van der Waals surface area contributed by atoms with E-state index in [1.54, 1.807) is 0 Å². The van der Waals surface area contributed by atoms with Crippen LogP contribution in [-0.4, -0.2) is 41.8 Å². The van der Waals surface area contributed by atoms with E-state index < -0.39 is 6.36 Å². The molecule has 170 valence electrons. The van der Waals surface area contributed by atoms with Gasteiger partial charge in [0.25, 0.3) is 0 Å². The maximum absolute atomic E-state index is 12.2. The summed E-state index contributed by atoms with van der Waals surface area (Å²) >= 11 is 0. The number of piperidine rings is 1. The number of rotatable bonds is 7. The Bertz CT molecular complexity index is 853. The molecule has 31 heavy (non-hydrogen) atoms. The van der Waals surface area contributed by atoms with Crippen LogP contribution in [0.4, 0.5) is 13.2 Å². The molecule has 0 unspecified atom stereocenters. The summed E-state index contributed by atoms with van der Waals surface area (Å²) in [5, 5.41) is 3.15. The highest BCUT2D eigenvalue weighted by atomic mass is 19.4. The van der Waals surface area contributed by atoms with Gasteiger partial charge < -0.3 is 20.2 Å². The molecule has 1 aliphatic heterocycles. The highest BCUT2D eigenvalue weighted by Crippen LogP contribution is 2.23. The fraction of sp³-hybridized carbons (Fsp3) is 0.524. The number of benzene rings is 1. The molecule has 2 heterocycles. The van der Waals surface area contributed by atoms with Gasteiger partial charge in [0.15, 0.2) is 5.96 Å². The third-order valence-corrected chi connectivity index (χ3v) is 5.30. The van der Waals surface area contributed by atoms with Crippen LogP contribution in [0.15, 0.2) is 33.7 Å². The van der Waals surface area contributed by atoms with Gasteiger partial charge in [0.05, 0.1) is 18.8 Å². The molecule has 0 spiro atoms. The molecule has 1 aromatic carbocycles. The highest BCUT2D eigenvalue weighted by Gasteiger charge is 2.30. The molecule has 0 aliphatic carbocycles. The van der Waals surface area contributed by atoms with Crippen LogP contribution in [0.2, 0.25) is 0 Å². The van der Waals surface area contributed by atoms with E-state index >= 15 is 0 Å². The van der Waals surface area contributed by atoms with Crippen LogP contribution in [0.5, 0.6) is 5.75 Å². The number of nitrogens with two attached hydrogens (primary N) is 1. The third-order valence-electron chi connectivity index (χ3n) is 5.30. The number of likely N-dealkylation sites (tertiary alicyclic amines) is 1. The Morgan fingerprint density at radius 1 is 1.26 bits per heavy atom. The fourth-order valence-corrected chi connectivity index (χ4v) is 3.42. The standard InChI is InChI=1S/C21H28F3N5O2/c1-14-15(2)30-19(28-14)13-29-9-7-17(8-10-29)12-27-20(25)26-11-16-3-5-18(6-4-16)31-21(22,23)24/h3-6,17H,7-13H2,1-2H3,(H3,25,26,27). The molecule has 3 N–H and O–H groups in total. The molecule has 0 amide bonds. The second-order valence-corrected chi connectivity index (χ2v) is 7.74. The Morgan fingerprint density at radius 3 is 2.52 bits per heavy atom. The topological polar surface area (TPSA) is 88.9 Å². The maximum Gasteiger partial charge on any atom is 0.573 e. The average molecular weight is 439 g/mol. The summed E-state index contributed by atoms with van der Waals surface area (Å²) in [5.41, 5.74) is 7.61. The van der Waals surface area contributed by atoms with Gasteiger partial charge in [0.1, 0.15) is 11.5 Å². The number of aryl methyl sites for hydroxylation is 2. The number of halogens is 3. The zero-order valence-corrected chi connectivity index (χ0v) is 17.7. The van der Waals surface area contributed by atoms with Crippen molar-refractivity contribution in [3.63, 3.8) is 0 Å². The van der Waals surface area contributed by atoms with E-state index in [0.717, 1.165) is 61.9 Å². The van der Waals surface area contributed by atoms with Crippen LogP contribution in [0.25, 0.3) is 0 Å². The lowest BCUT2D eigenvalue weighted by atomic mass is 9.97. The molecule has 1 aliphatic rings. The number of aliphatic imine (C=N–C) groups is 1. The Morgan fingerprint density at radius 2 is 1.94 bits per heavy atom. The van der Waals surface area contributed by atoms with Gasteiger partial charge in [-0.25, -0.2) is 9.98 Å². The van der Waals surface area contributed by atoms with E-state index in [9.17, 15) is 13.2 Å². The lowest BCUT2D eigenvalue weighted by molar-refractivity contribution is -0.274. The molecular weight excluding hydrogens is 411 g/mol. The van der Waals surface area contributed by atoms with E-state index in [1.165, 1.54) is 24.3 Å². The smallest absolute Gasteiger partial charge is 0.444 e. The molecule has 0 radical (unpaired) electrons. The first kappa shape index (κ1) is 22.9. The van der Waals surface area contributed by atoms with Crippen molar-refractivity contribution in [1.29, 1.82) is 0 Å². The van der Waals surface area contributed by atoms with Crippen molar-refractivity contribution in [2.45, 2.75) is 46.1 Å². The van der Waals surface area contributed by atoms with Crippen LogP contribution < -0.4 is 15.8 Å². The SMILES string of the molecule is Cc1nc(CN2CCC(CNC(N)=NCc3ccc(OC(F)(F)F)cc3)CC2)oc1C. The minimum atomic E-state index is -4.70. The van der Waals surface area contributed by atoms with Gasteiger partial charge in [0.2, 0.25) is 5.89 Å². The first-order valence-electron chi connectivity index (χ1n) is 10.2. The van der Waals surface area contributed by atoms with Gasteiger partial charge in [-0.1, -0.05) is 12.1 Å². The number of nitrogens with zero attached hydrogens (tertiary/aromatic N) is 3. The first-order valence-corrected chi connectivity index (χ1v) is 10.2. The van der Waals surface area contributed by atoms with Gasteiger partial charge in [0, 0.05) is 6.54 Å². The van der Waals surface area contributed by atoms with Crippen LogP contribution in [0, 0.1) is 19.8 Å². The fourth-order valence-electron chi connectivity index (χ4n) is 3.42. The van der Waals surface area contributed by atoms with Gasteiger partial charge in [-0.15, -0.1) is 13.2 Å². The summed E-state index contributed by atoms with van der Waals surface area (Å²) in [6.45, 7) is 7.55. The number of hydrogen-bond acceptors (Lipinski definition) is 5. The summed E-state index contributed by atoms with van der Waals surface area (Å²) in [5.74, 6) is 2.20. The molecule has 1 aromatic heterocycles. The minimum Gasteiger partial charge on any atom is -0.444 e. The molecular formula is C21H28F3N5O2. The quantitative estimate of drug-likeness (QED) is 0.507. The lowest BCUT2D eigenvalue weighted by Crippen LogP contribution is -2.40. The predicted octanol–water partition coefficient (Wildman–Crippen LogP) is 3.51. The van der Waals surface area contributed by atoms with Crippen LogP contribution in [-0.2, 0) is 13.1 Å². The molecule has 2 aromatic rings. The summed E-state index contributed by atoms with van der Waals surface area (Å²) in [7, 11) is 0. The minimum absolute atomic E-state index is 0.259. The van der Waals surface area contributed by atoms with Crippen LogP contribution in [0.3, 0.4) is 0 Å². The normalized spacial score (nSPS) is 16.5. The number of oxazole rings is 1. The maximum atomic E-state index is 12.2. The lowest BCUT2D eigenvalue weighted by Gasteiger charge is -2.31. The summed E-state index contributed by atoms with van der Waals surface area (Å²) < 4.78 is 46.1. The largest absolute Gasteiger partial charge is 0.573 e. The Hall–Kier alpha value is -2.75. The van der Waals surface area contributed by atoms with Crippen molar-refractivity contribution >= 4 is 5.96 Å². The second-order valence-electron chi connectivity index (χ2n) is 7.74. The number of aromatic nitrogens is 1. The van der Waals surface area contributed by atoms with Crippen LogP contribution >= 0.6 is 0 Å². The van der Waals surface area contributed by atoms with E-state index in [2.05, 4.69) is 24.9 Å². The molecule has 0 saturated carbocycles. The molecule has 7 nitrogen and oxygen atoms in total. The number of hydrogen-bond donors (Lipinski definition) is 2. The Labute approximate surface area is 179 Å². The zero-order valence-electron chi connectivity index (χ0n) is 17.7. The summed E-state index contributed by atoms with van der Waals surface area (Å²) in [6.07, 6.45) is -2.61. The van der Waals surface area contributed by atoms with E-state index in [4.69, 9.17) is 10.2 Å². The zero-order chi connectivity index (χ0) is 22.4. The molecule has 1 saturated heterocycles. The molecule has 10 heteroatoms. The molecule has 0 atom stereocenters. The second kappa shape index (κ2) is 10.0. The van der Waals surface area contributed by atoms with Crippen LogP contribution in [0.1, 0.15) is 35.7 Å². The number of alkyl halides is 3. The predicted molar refractivity (Wildman–Crippen MR) is 110 cm³/mol. The van der Waals surface area contributed by atoms with Gasteiger partial charge in [-0.3, -0.25) is 4.90 Å². The monoisotopic (exact) mass is 439 g/mol. The van der Waals surface area contributed by atoms with Crippen molar-refractivity contribution in [2.24, 2.45) is 16.6 Å². The summed E-state index contributed by atoms with van der Waals surface area (Å²) in [6, 6.07) is 5.59. The van der Waals surface area contributed by atoms with Gasteiger partial charge >= 0.3 is 6.36 Å². The van der Waals surface area contributed by atoms with E-state index in [0.29, 0.717) is 11.9 Å². The van der Waals surface area contributed by atoms with Crippen molar-refractivity contribution in [3.05, 3.63) is 47.2 Å². The van der Waals surface area contributed by atoms with Crippen molar-refractivity contribution < 1.29 is 22.3 Å². The molecule has 0 bridgehead atoms. The Balaban J connectivity index is 1.37. The number of nitrogens with one attached hydrogen (secondary N) is 1. The van der Waals surface area contributed by atoms with Crippen molar-refractivity contribution in [1.82, 2.24) is 15.2 Å². The highest BCUT2D eigenvalue weighted by molar-refractivity contribution is 5.77. The van der Waals surface area contributed by atoms with E-state index in [-0.39, 0.29) is 12.3 Å². The third kappa shape index (κ3) is 7.46. The molecule has 1 fully saturated rings. The van der Waals surface area contributed by atoms with Crippen molar-refractivity contribution in [2.75, 3.05) is 19.6 Å².